The number of carbonyl (C=O) groups is 2. The van der Waals surface area contributed by atoms with Crippen molar-refractivity contribution in [1.29, 1.82) is 0 Å². The average Bonchev–Trinajstić information content (AvgIpc) is 2.58. The molecule has 3 rings (SSSR count). The standard InChI is InChI=1S/C21H24N2O3/c1-13-11-14(2)20(15(3)12-13)22-19(24)9-10-23-17-7-5-6-8-18(17)26-16(4)21(23)25/h5-8,11-12,16H,9-10H2,1-4H3,(H,22,24)/t16-/m1/s1. The smallest absolute Gasteiger partial charge is 0.267 e. The molecule has 0 unspecified atom stereocenters. The summed E-state index contributed by atoms with van der Waals surface area (Å²) in [6.45, 7) is 8.05. The summed E-state index contributed by atoms with van der Waals surface area (Å²) in [7, 11) is 0. The number of fused-ring (bicyclic) bond motifs is 1. The molecule has 0 saturated heterocycles. The number of anilines is 2. The zero-order valence-electron chi connectivity index (χ0n) is 15.6. The van der Waals surface area contributed by atoms with Crippen molar-refractivity contribution in [2.75, 3.05) is 16.8 Å². The highest BCUT2D eigenvalue weighted by molar-refractivity contribution is 6.01. The third-order valence-corrected chi connectivity index (χ3v) is 4.58. The van der Waals surface area contributed by atoms with Gasteiger partial charge >= 0.3 is 0 Å². The van der Waals surface area contributed by atoms with Crippen LogP contribution in [0.1, 0.15) is 30.0 Å². The normalized spacial score (nSPS) is 16.1. The first-order valence-electron chi connectivity index (χ1n) is 8.81. The van der Waals surface area contributed by atoms with Gasteiger partial charge in [0.15, 0.2) is 6.10 Å². The minimum Gasteiger partial charge on any atom is -0.479 e. The summed E-state index contributed by atoms with van der Waals surface area (Å²) < 4.78 is 5.63. The Kier molecular flexibility index (Phi) is 4.98. The highest BCUT2D eigenvalue weighted by atomic mass is 16.5. The second-order valence-corrected chi connectivity index (χ2v) is 6.79. The molecule has 0 radical (unpaired) electrons. The van der Waals surface area contributed by atoms with Gasteiger partial charge < -0.3 is 15.0 Å². The topological polar surface area (TPSA) is 58.6 Å². The lowest BCUT2D eigenvalue weighted by Gasteiger charge is -2.32. The van der Waals surface area contributed by atoms with Crippen LogP contribution in [0.5, 0.6) is 5.75 Å². The van der Waals surface area contributed by atoms with Crippen LogP contribution < -0.4 is 15.0 Å². The molecule has 1 aliphatic rings. The number of nitrogens with one attached hydrogen (secondary N) is 1. The van der Waals surface area contributed by atoms with E-state index in [2.05, 4.69) is 5.32 Å². The Bertz CT molecular complexity index is 837. The van der Waals surface area contributed by atoms with Gasteiger partial charge in [0.25, 0.3) is 5.91 Å². The molecule has 0 fully saturated rings. The number of nitrogens with zero attached hydrogens (tertiary/aromatic N) is 1. The molecule has 0 saturated carbocycles. The largest absolute Gasteiger partial charge is 0.479 e. The Morgan fingerprint density at radius 2 is 1.81 bits per heavy atom. The molecule has 5 nitrogen and oxygen atoms in total. The fraction of sp³-hybridized carbons (Fsp3) is 0.333. The van der Waals surface area contributed by atoms with Gasteiger partial charge in [-0.05, 0) is 51.0 Å². The van der Waals surface area contributed by atoms with E-state index < -0.39 is 6.10 Å². The number of hydrogen-bond acceptors (Lipinski definition) is 3. The van der Waals surface area contributed by atoms with Gasteiger partial charge in [0.1, 0.15) is 5.75 Å². The highest BCUT2D eigenvalue weighted by Gasteiger charge is 2.31. The average molecular weight is 352 g/mol. The van der Waals surface area contributed by atoms with Gasteiger partial charge in [-0.3, -0.25) is 9.59 Å². The van der Waals surface area contributed by atoms with Crippen LogP contribution in [0.4, 0.5) is 11.4 Å². The summed E-state index contributed by atoms with van der Waals surface area (Å²) in [5.74, 6) is 0.439. The minimum atomic E-state index is -0.547. The van der Waals surface area contributed by atoms with E-state index in [0.29, 0.717) is 18.0 Å². The van der Waals surface area contributed by atoms with Crippen molar-refractivity contribution in [3.63, 3.8) is 0 Å². The third kappa shape index (κ3) is 3.57. The van der Waals surface area contributed by atoms with Gasteiger partial charge in [-0.1, -0.05) is 29.8 Å². The van der Waals surface area contributed by atoms with Gasteiger partial charge in [0.05, 0.1) is 5.69 Å². The number of amides is 2. The number of carbonyl (C=O) groups excluding carboxylic acids is 2. The second-order valence-electron chi connectivity index (χ2n) is 6.79. The summed E-state index contributed by atoms with van der Waals surface area (Å²) in [6, 6.07) is 11.5. The van der Waals surface area contributed by atoms with Crippen molar-refractivity contribution in [3.8, 4) is 5.75 Å². The summed E-state index contributed by atoms with van der Waals surface area (Å²) in [6.07, 6.45) is -0.325. The molecule has 2 aromatic rings. The van der Waals surface area contributed by atoms with E-state index in [4.69, 9.17) is 4.74 Å². The van der Waals surface area contributed by atoms with Crippen LogP contribution in [-0.4, -0.2) is 24.5 Å². The monoisotopic (exact) mass is 352 g/mol. The molecular formula is C21H24N2O3. The molecule has 0 spiro atoms. The van der Waals surface area contributed by atoms with Gasteiger partial charge in [-0.15, -0.1) is 0 Å². The van der Waals surface area contributed by atoms with E-state index >= 15 is 0 Å². The number of rotatable bonds is 4. The Morgan fingerprint density at radius 1 is 1.15 bits per heavy atom. The van der Waals surface area contributed by atoms with Crippen molar-refractivity contribution in [1.82, 2.24) is 0 Å². The van der Waals surface area contributed by atoms with Crippen LogP contribution >= 0.6 is 0 Å². The number of benzene rings is 2. The van der Waals surface area contributed by atoms with Crippen molar-refractivity contribution in [2.24, 2.45) is 0 Å². The zero-order chi connectivity index (χ0) is 18.8. The Hall–Kier alpha value is -2.82. The first-order chi connectivity index (χ1) is 12.4. The Labute approximate surface area is 154 Å². The third-order valence-electron chi connectivity index (χ3n) is 4.58. The van der Waals surface area contributed by atoms with Crippen LogP contribution in [0.2, 0.25) is 0 Å². The number of para-hydroxylation sites is 2. The fourth-order valence-electron chi connectivity index (χ4n) is 3.38. The number of ether oxygens (including phenoxy) is 1. The molecule has 1 heterocycles. The zero-order valence-corrected chi connectivity index (χ0v) is 15.6. The van der Waals surface area contributed by atoms with Crippen molar-refractivity contribution < 1.29 is 14.3 Å². The van der Waals surface area contributed by atoms with Crippen LogP contribution in [0.15, 0.2) is 36.4 Å². The summed E-state index contributed by atoms with van der Waals surface area (Å²) in [5, 5.41) is 2.99. The highest BCUT2D eigenvalue weighted by Crippen LogP contribution is 2.33. The molecule has 0 aromatic heterocycles. The van der Waals surface area contributed by atoms with Crippen molar-refractivity contribution in [2.45, 2.75) is 40.2 Å². The summed E-state index contributed by atoms with van der Waals surface area (Å²) >= 11 is 0. The van der Waals surface area contributed by atoms with Gasteiger partial charge in [-0.2, -0.15) is 0 Å². The first-order valence-corrected chi connectivity index (χ1v) is 8.81. The molecule has 1 aliphatic heterocycles. The lowest BCUT2D eigenvalue weighted by atomic mass is 10.0. The molecule has 2 aromatic carbocycles. The maximum absolute atomic E-state index is 12.5. The van der Waals surface area contributed by atoms with Gasteiger partial charge in [-0.25, -0.2) is 0 Å². The van der Waals surface area contributed by atoms with Crippen LogP contribution in [-0.2, 0) is 9.59 Å². The molecular weight excluding hydrogens is 328 g/mol. The minimum absolute atomic E-state index is 0.107. The van der Waals surface area contributed by atoms with Gasteiger partial charge in [0.2, 0.25) is 5.91 Å². The summed E-state index contributed by atoms with van der Waals surface area (Å²) in [5.41, 5.74) is 4.81. The molecule has 5 heteroatoms. The van der Waals surface area contributed by atoms with E-state index in [1.165, 1.54) is 5.56 Å². The molecule has 1 N–H and O–H groups in total. The molecule has 1 atom stereocenters. The van der Waals surface area contributed by atoms with Crippen LogP contribution in [0, 0.1) is 20.8 Å². The van der Waals surface area contributed by atoms with Crippen LogP contribution in [0.3, 0.4) is 0 Å². The fourth-order valence-corrected chi connectivity index (χ4v) is 3.38. The van der Waals surface area contributed by atoms with E-state index in [1.807, 2.05) is 57.2 Å². The molecule has 136 valence electrons. The predicted molar refractivity (Wildman–Crippen MR) is 103 cm³/mol. The number of aryl methyl sites for hydroxylation is 3. The molecule has 26 heavy (non-hydrogen) atoms. The van der Waals surface area contributed by atoms with Crippen molar-refractivity contribution >= 4 is 23.2 Å². The quantitative estimate of drug-likeness (QED) is 0.911. The SMILES string of the molecule is Cc1cc(C)c(NC(=O)CCN2C(=O)[C@@H](C)Oc3ccccc32)c(C)c1. The summed E-state index contributed by atoms with van der Waals surface area (Å²) in [4.78, 5) is 26.6. The van der Waals surface area contributed by atoms with Gasteiger partial charge in [0, 0.05) is 18.7 Å². The van der Waals surface area contributed by atoms with Crippen LogP contribution in [0.25, 0.3) is 0 Å². The predicted octanol–water partition coefficient (Wildman–Crippen LogP) is 3.75. The lowest BCUT2D eigenvalue weighted by Crippen LogP contribution is -2.45. The van der Waals surface area contributed by atoms with E-state index in [-0.39, 0.29) is 18.2 Å². The van der Waals surface area contributed by atoms with E-state index in [0.717, 1.165) is 16.8 Å². The number of hydrogen-bond donors (Lipinski definition) is 1. The Morgan fingerprint density at radius 3 is 2.50 bits per heavy atom. The van der Waals surface area contributed by atoms with E-state index in [1.54, 1.807) is 11.8 Å². The Balaban J connectivity index is 1.71. The molecule has 0 bridgehead atoms. The molecule has 2 amide bonds. The first kappa shape index (κ1) is 18.0. The second kappa shape index (κ2) is 7.20. The maximum Gasteiger partial charge on any atom is 0.267 e. The lowest BCUT2D eigenvalue weighted by molar-refractivity contribution is -0.125. The molecule has 0 aliphatic carbocycles. The van der Waals surface area contributed by atoms with Crippen molar-refractivity contribution in [3.05, 3.63) is 53.1 Å². The maximum atomic E-state index is 12.5. The van der Waals surface area contributed by atoms with E-state index in [9.17, 15) is 9.59 Å².